The molecule has 0 radical (unpaired) electrons. The molecule has 0 spiro atoms. The maximum atomic E-state index is 6.51. The molecule has 1 N–H and O–H groups in total. The first-order valence-corrected chi connectivity index (χ1v) is 9.56. The highest BCUT2D eigenvalue weighted by Crippen LogP contribution is 2.39. The Morgan fingerprint density at radius 2 is 1.72 bits per heavy atom. The number of nitrogens with one attached hydrogen (secondary N) is 1. The van der Waals surface area contributed by atoms with Gasteiger partial charge in [-0.05, 0) is 30.7 Å². The Hall–Kier alpha value is -0.643. The van der Waals surface area contributed by atoms with Crippen LogP contribution in [0.25, 0.3) is 0 Å². The van der Waals surface area contributed by atoms with Gasteiger partial charge in [0.2, 0.25) is 0 Å². The maximum absolute atomic E-state index is 6.51. The van der Waals surface area contributed by atoms with Crippen LogP contribution in [0.3, 0.4) is 0 Å². The van der Waals surface area contributed by atoms with Gasteiger partial charge in [0.1, 0.15) is 0 Å². The summed E-state index contributed by atoms with van der Waals surface area (Å²) in [7, 11) is 0.249. The highest BCUT2D eigenvalue weighted by atomic mass is 28.4. The first-order chi connectivity index (χ1) is 8.28. The third kappa shape index (κ3) is 3.94. The molecule has 0 aromatic heterocycles. The number of hydrogen-bond acceptors (Lipinski definition) is 2. The summed E-state index contributed by atoms with van der Waals surface area (Å²) in [6, 6.07) is 10.5. The van der Waals surface area contributed by atoms with Crippen molar-refractivity contribution in [3.05, 3.63) is 35.9 Å². The van der Waals surface area contributed by atoms with Crippen molar-refractivity contribution < 1.29 is 4.43 Å². The van der Waals surface area contributed by atoms with Gasteiger partial charge in [0, 0.05) is 6.54 Å². The summed E-state index contributed by atoms with van der Waals surface area (Å²) in [6.07, 6.45) is 0.150. The zero-order valence-corrected chi connectivity index (χ0v) is 13.6. The van der Waals surface area contributed by atoms with Crippen molar-refractivity contribution in [2.24, 2.45) is 0 Å². The molecule has 102 valence electrons. The van der Waals surface area contributed by atoms with Crippen LogP contribution in [0, 0.1) is 0 Å². The van der Waals surface area contributed by atoms with Gasteiger partial charge in [-0.2, -0.15) is 0 Å². The number of likely N-dealkylation sites (N-methyl/N-ethyl adjacent to an activating group) is 1. The average molecular weight is 265 g/mol. The zero-order chi connectivity index (χ0) is 13.8. The lowest BCUT2D eigenvalue weighted by Gasteiger charge is -2.39. The number of hydrogen-bond donors (Lipinski definition) is 1. The fourth-order valence-corrected chi connectivity index (χ4v) is 2.90. The largest absolute Gasteiger partial charge is 0.409 e. The van der Waals surface area contributed by atoms with Gasteiger partial charge >= 0.3 is 0 Å². The van der Waals surface area contributed by atoms with Crippen molar-refractivity contribution >= 4 is 8.32 Å². The van der Waals surface area contributed by atoms with Crippen LogP contribution >= 0.6 is 0 Å². The topological polar surface area (TPSA) is 21.3 Å². The minimum Gasteiger partial charge on any atom is -0.409 e. The Balaban J connectivity index is 2.88. The lowest BCUT2D eigenvalue weighted by Crippen LogP contribution is -2.43. The van der Waals surface area contributed by atoms with E-state index in [1.165, 1.54) is 5.56 Å². The molecule has 18 heavy (non-hydrogen) atoms. The molecule has 1 atom stereocenters. The molecule has 0 saturated carbocycles. The van der Waals surface area contributed by atoms with E-state index in [1.54, 1.807) is 0 Å². The molecule has 0 saturated heterocycles. The summed E-state index contributed by atoms with van der Waals surface area (Å²) in [6.45, 7) is 12.3. The maximum Gasteiger partial charge on any atom is 0.192 e. The molecule has 2 nitrogen and oxygen atoms in total. The minimum atomic E-state index is -1.73. The van der Waals surface area contributed by atoms with Crippen molar-refractivity contribution in [1.82, 2.24) is 5.32 Å². The van der Waals surface area contributed by atoms with E-state index in [9.17, 15) is 0 Å². The summed E-state index contributed by atoms with van der Waals surface area (Å²) in [4.78, 5) is 0. The van der Waals surface area contributed by atoms with E-state index in [0.717, 1.165) is 6.54 Å². The predicted octanol–water partition coefficient (Wildman–Crippen LogP) is 3.97. The highest BCUT2D eigenvalue weighted by Gasteiger charge is 2.39. The molecule has 0 amide bonds. The van der Waals surface area contributed by atoms with Crippen molar-refractivity contribution in [3.8, 4) is 0 Å². The molecule has 1 rings (SSSR count). The van der Waals surface area contributed by atoms with E-state index in [1.807, 2.05) is 13.1 Å². The molecular formula is C15H27NOSi. The van der Waals surface area contributed by atoms with Crippen LogP contribution in [-0.2, 0) is 4.43 Å². The molecule has 0 aliphatic carbocycles. The van der Waals surface area contributed by atoms with E-state index in [-0.39, 0.29) is 11.1 Å². The molecule has 0 aliphatic rings. The molecular weight excluding hydrogens is 238 g/mol. The molecule has 1 aromatic rings. The monoisotopic (exact) mass is 265 g/mol. The van der Waals surface area contributed by atoms with Gasteiger partial charge in [-0.3, -0.25) is 0 Å². The van der Waals surface area contributed by atoms with E-state index >= 15 is 0 Å². The van der Waals surface area contributed by atoms with Crippen molar-refractivity contribution in [2.75, 3.05) is 13.6 Å². The van der Waals surface area contributed by atoms with Crippen LogP contribution in [0.1, 0.15) is 32.4 Å². The van der Waals surface area contributed by atoms with Gasteiger partial charge < -0.3 is 9.74 Å². The summed E-state index contributed by atoms with van der Waals surface area (Å²) < 4.78 is 6.51. The second kappa shape index (κ2) is 6.00. The van der Waals surface area contributed by atoms with Gasteiger partial charge in [-0.25, -0.2) is 0 Å². The predicted molar refractivity (Wildman–Crippen MR) is 81.4 cm³/mol. The summed E-state index contributed by atoms with van der Waals surface area (Å²) >= 11 is 0. The molecule has 0 aliphatic heterocycles. The van der Waals surface area contributed by atoms with Gasteiger partial charge in [-0.1, -0.05) is 51.1 Å². The van der Waals surface area contributed by atoms with Crippen LogP contribution in [-0.4, -0.2) is 21.9 Å². The van der Waals surface area contributed by atoms with Crippen LogP contribution in [0.5, 0.6) is 0 Å². The average Bonchev–Trinajstić information content (AvgIpc) is 2.28. The summed E-state index contributed by atoms with van der Waals surface area (Å²) in [5.41, 5.74) is 1.26. The Morgan fingerprint density at radius 1 is 1.17 bits per heavy atom. The van der Waals surface area contributed by atoms with Crippen molar-refractivity contribution in [2.45, 2.75) is 45.0 Å². The van der Waals surface area contributed by atoms with E-state index in [4.69, 9.17) is 4.43 Å². The Morgan fingerprint density at radius 3 is 2.17 bits per heavy atom. The quantitative estimate of drug-likeness (QED) is 0.813. The van der Waals surface area contributed by atoms with Gasteiger partial charge in [0.15, 0.2) is 8.32 Å². The molecule has 0 fully saturated rings. The normalized spacial score (nSPS) is 14.6. The van der Waals surface area contributed by atoms with Crippen LogP contribution in [0.4, 0.5) is 0 Å². The van der Waals surface area contributed by atoms with Crippen molar-refractivity contribution in [1.29, 1.82) is 0 Å². The fraction of sp³-hybridized carbons (Fsp3) is 0.600. The zero-order valence-electron chi connectivity index (χ0n) is 12.6. The van der Waals surface area contributed by atoms with Crippen LogP contribution < -0.4 is 5.32 Å². The van der Waals surface area contributed by atoms with Crippen LogP contribution in [0.2, 0.25) is 18.1 Å². The lowest BCUT2D eigenvalue weighted by molar-refractivity contribution is 0.183. The highest BCUT2D eigenvalue weighted by molar-refractivity contribution is 6.74. The van der Waals surface area contributed by atoms with Gasteiger partial charge in [-0.15, -0.1) is 0 Å². The van der Waals surface area contributed by atoms with E-state index < -0.39 is 8.32 Å². The van der Waals surface area contributed by atoms with Crippen molar-refractivity contribution in [3.63, 3.8) is 0 Å². The Bertz CT molecular complexity index is 357. The summed E-state index contributed by atoms with van der Waals surface area (Å²) in [5, 5.41) is 3.48. The molecule has 1 unspecified atom stereocenters. The number of rotatable bonds is 5. The standard InChI is InChI=1S/C15H27NOSi/c1-15(2,3)18(5,6)17-14(12-16-4)13-10-8-7-9-11-13/h7-11,14,16H,12H2,1-6H3. The van der Waals surface area contributed by atoms with E-state index in [0.29, 0.717) is 0 Å². The summed E-state index contributed by atoms with van der Waals surface area (Å²) in [5.74, 6) is 0. The van der Waals surface area contributed by atoms with Crippen LogP contribution in [0.15, 0.2) is 30.3 Å². The van der Waals surface area contributed by atoms with E-state index in [2.05, 4.69) is 63.4 Å². The molecule has 0 heterocycles. The molecule has 1 aromatic carbocycles. The first-order valence-electron chi connectivity index (χ1n) is 6.65. The third-order valence-electron chi connectivity index (χ3n) is 3.80. The van der Waals surface area contributed by atoms with Gasteiger partial charge in [0.05, 0.1) is 6.10 Å². The Kier molecular flexibility index (Phi) is 5.14. The second-order valence-corrected chi connectivity index (χ2v) is 11.1. The lowest BCUT2D eigenvalue weighted by atomic mass is 10.1. The third-order valence-corrected chi connectivity index (χ3v) is 8.29. The second-order valence-electron chi connectivity index (χ2n) is 6.34. The van der Waals surface area contributed by atoms with Gasteiger partial charge in [0.25, 0.3) is 0 Å². The fourth-order valence-electron chi connectivity index (χ4n) is 1.61. The molecule has 3 heteroatoms. The smallest absolute Gasteiger partial charge is 0.192 e. The Labute approximate surface area is 113 Å². The first kappa shape index (κ1) is 15.4. The molecule has 0 bridgehead atoms. The SMILES string of the molecule is CNCC(O[Si](C)(C)C(C)(C)C)c1ccccc1. The number of benzene rings is 1. The minimum absolute atomic E-state index is 0.150.